The van der Waals surface area contributed by atoms with Gasteiger partial charge in [0.1, 0.15) is 0 Å². The van der Waals surface area contributed by atoms with Crippen LogP contribution in [0.1, 0.15) is 4.88 Å². The van der Waals surface area contributed by atoms with Gasteiger partial charge < -0.3 is 0 Å². The maximum Gasteiger partial charge on any atom is 0.0434 e. The molecule has 2 heterocycles. The van der Waals surface area contributed by atoms with E-state index in [0.717, 1.165) is 0 Å². The number of rotatable bonds is 4. The van der Waals surface area contributed by atoms with Gasteiger partial charge in [0.15, 0.2) is 0 Å². The van der Waals surface area contributed by atoms with Crippen LogP contribution >= 0.6 is 22.7 Å². The third-order valence-electron chi connectivity index (χ3n) is 11.0. The van der Waals surface area contributed by atoms with E-state index in [-0.39, 0.29) is 0 Å². The Morgan fingerprint density at radius 3 is 1.32 bits per heavy atom. The summed E-state index contributed by atoms with van der Waals surface area (Å²) < 4.78 is 2.64. The van der Waals surface area contributed by atoms with Crippen molar-refractivity contribution in [2.24, 2.45) is 0 Å². The van der Waals surface area contributed by atoms with Gasteiger partial charge in [-0.05, 0) is 96.0 Å². The minimum Gasteiger partial charge on any atom is -0.141 e. The van der Waals surface area contributed by atoms with E-state index < -0.39 is 0 Å². The van der Waals surface area contributed by atoms with E-state index in [1.807, 2.05) is 22.7 Å². The second kappa shape index (κ2) is 12.0. The highest BCUT2D eigenvalue weighted by molar-refractivity contribution is 7.26. The van der Waals surface area contributed by atoms with E-state index in [2.05, 4.69) is 183 Å². The molecule has 0 spiro atoms. The summed E-state index contributed by atoms with van der Waals surface area (Å²) in [6.45, 7) is 2.20. The second-order valence-corrected chi connectivity index (χ2v) is 16.3. The molecule has 11 aromatic rings. The Morgan fingerprint density at radius 1 is 0.321 bits per heavy atom. The minimum atomic E-state index is 1.25. The van der Waals surface area contributed by atoms with Crippen LogP contribution in [0.3, 0.4) is 0 Å². The molecule has 0 radical (unpaired) electrons. The Bertz CT molecular complexity index is 3120. The van der Waals surface area contributed by atoms with E-state index in [4.69, 9.17) is 0 Å². The fraction of sp³-hybridized carbons (Fsp3) is 0.0196. The molecule has 0 atom stereocenters. The summed E-state index contributed by atoms with van der Waals surface area (Å²) in [4.78, 5) is 2.65. The van der Waals surface area contributed by atoms with Gasteiger partial charge >= 0.3 is 0 Å². The van der Waals surface area contributed by atoms with E-state index in [0.29, 0.717) is 0 Å². The van der Waals surface area contributed by atoms with Crippen LogP contribution in [0.15, 0.2) is 176 Å². The van der Waals surface area contributed by atoms with E-state index >= 15 is 0 Å². The predicted octanol–water partition coefficient (Wildman–Crippen LogP) is 15.7. The van der Waals surface area contributed by atoms with Gasteiger partial charge in [-0.3, -0.25) is 0 Å². The highest BCUT2D eigenvalue weighted by Gasteiger charge is 2.23. The highest BCUT2D eigenvalue weighted by atomic mass is 32.1. The molecule has 0 nitrogen and oxygen atoms in total. The first kappa shape index (κ1) is 30.6. The fourth-order valence-electron chi connectivity index (χ4n) is 8.84. The van der Waals surface area contributed by atoms with Crippen LogP contribution in [-0.4, -0.2) is 0 Å². The third kappa shape index (κ3) is 4.59. The molecular weight excluding hydrogens is 677 g/mol. The molecule has 0 bridgehead atoms. The number of benzene rings is 9. The van der Waals surface area contributed by atoms with Crippen molar-refractivity contribution in [3.05, 3.63) is 181 Å². The summed E-state index contributed by atoms with van der Waals surface area (Å²) in [6.07, 6.45) is 0. The molecule has 2 aromatic heterocycles. The highest BCUT2D eigenvalue weighted by Crippen LogP contribution is 2.51. The first-order valence-electron chi connectivity index (χ1n) is 18.2. The standard InChI is InChI=1S/C51H32S2/c1-31-29-30-45(52-31)49-39-23-11-9-21-37(39)48(38-22-10-12-24-40(38)49)42-26-13-27-43-50-41(25-14-28-44(50)53-51(42)43)47-35-19-7-5-17-33(35)46(32-15-3-2-4-16-32)34-18-6-8-20-36(34)47/h2-30H,1H3. The van der Waals surface area contributed by atoms with Crippen molar-refractivity contribution in [2.75, 3.05) is 0 Å². The molecule has 0 saturated heterocycles. The largest absolute Gasteiger partial charge is 0.141 e. The minimum absolute atomic E-state index is 1.25. The quantitative estimate of drug-likeness (QED) is 0.160. The van der Waals surface area contributed by atoms with Gasteiger partial charge in [0.25, 0.3) is 0 Å². The average Bonchev–Trinajstić information content (AvgIpc) is 3.82. The van der Waals surface area contributed by atoms with Crippen LogP contribution in [0.25, 0.3) is 107 Å². The van der Waals surface area contributed by atoms with Crippen LogP contribution in [0, 0.1) is 6.92 Å². The SMILES string of the molecule is Cc1ccc(-c2c3ccccc3c(-c3cccc4c3sc3cccc(-c5c6ccccc6c(-c6ccccc6)c6ccccc56)c34)c3ccccc23)s1. The second-order valence-electron chi connectivity index (χ2n) is 13.9. The lowest BCUT2D eigenvalue weighted by molar-refractivity contribution is 1.64. The number of fused-ring (bicyclic) bond motifs is 7. The van der Waals surface area contributed by atoms with Gasteiger partial charge in [-0.15, -0.1) is 22.7 Å². The number of hydrogen-bond acceptors (Lipinski definition) is 2. The molecule has 0 aliphatic carbocycles. The zero-order chi connectivity index (χ0) is 35.0. The van der Waals surface area contributed by atoms with Crippen LogP contribution in [0.4, 0.5) is 0 Å². The Kier molecular flexibility index (Phi) is 6.92. The maximum atomic E-state index is 2.35. The number of hydrogen-bond donors (Lipinski definition) is 0. The smallest absolute Gasteiger partial charge is 0.0434 e. The van der Waals surface area contributed by atoms with Crippen LogP contribution in [-0.2, 0) is 0 Å². The van der Waals surface area contributed by atoms with Crippen LogP contribution in [0.2, 0.25) is 0 Å². The van der Waals surface area contributed by atoms with Crippen LogP contribution in [0.5, 0.6) is 0 Å². The summed E-state index contributed by atoms with van der Waals surface area (Å²) in [7, 11) is 0. The fourth-order valence-corrected chi connectivity index (χ4v) is 11.0. The summed E-state index contributed by atoms with van der Waals surface area (Å²) in [6, 6.07) is 65.3. The number of thiophene rings is 2. The van der Waals surface area contributed by atoms with Crippen molar-refractivity contribution >= 4 is 85.9 Å². The molecule has 0 fully saturated rings. The maximum absolute atomic E-state index is 2.35. The van der Waals surface area contributed by atoms with E-state index in [1.54, 1.807) is 0 Å². The Morgan fingerprint density at radius 2 is 0.774 bits per heavy atom. The molecule has 0 aliphatic rings. The number of aryl methyl sites for hydroxylation is 1. The van der Waals surface area contributed by atoms with Gasteiger partial charge in [0.2, 0.25) is 0 Å². The lowest BCUT2D eigenvalue weighted by Gasteiger charge is -2.18. The van der Waals surface area contributed by atoms with Gasteiger partial charge in [0, 0.05) is 41.1 Å². The first-order valence-corrected chi connectivity index (χ1v) is 19.8. The van der Waals surface area contributed by atoms with E-state index in [1.165, 1.54) is 112 Å². The summed E-state index contributed by atoms with van der Waals surface area (Å²) in [5, 5.41) is 13.0. The molecule has 11 rings (SSSR count). The average molecular weight is 709 g/mol. The molecule has 0 aliphatic heterocycles. The van der Waals surface area contributed by atoms with Crippen LogP contribution < -0.4 is 0 Å². The predicted molar refractivity (Wildman–Crippen MR) is 234 cm³/mol. The Balaban J connectivity index is 1.24. The first-order chi connectivity index (χ1) is 26.2. The van der Waals surface area contributed by atoms with Gasteiger partial charge in [-0.2, -0.15) is 0 Å². The summed E-state index contributed by atoms with van der Waals surface area (Å²) in [5.41, 5.74) is 9.08. The zero-order valence-corrected chi connectivity index (χ0v) is 30.7. The normalized spacial score (nSPS) is 11.9. The molecule has 0 unspecified atom stereocenters. The molecule has 0 saturated carbocycles. The molecular formula is C51H32S2. The van der Waals surface area contributed by atoms with Gasteiger partial charge in [-0.25, -0.2) is 0 Å². The lowest BCUT2D eigenvalue weighted by atomic mass is 9.84. The topological polar surface area (TPSA) is 0 Å². The van der Waals surface area contributed by atoms with Crippen molar-refractivity contribution in [3.63, 3.8) is 0 Å². The monoisotopic (exact) mass is 708 g/mol. The van der Waals surface area contributed by atoms with Crippen molar-refractivity contribution in [1.82, 2.24) is 0 Å². The molecule has 2 heteroatoms. The van der Waals surface area contributed by atoms with Gasteiger partial charge in [0.05, 0.1) is 0 Å². The molecule has 9 aromatic carbocycles. The van der Waals surface area contributed by atoms with Crippen molar-refractivity contribution in [1.29, 1.82) is 0 Å². The van der Waals surface area contributed by atoms with Crippen molar-refractivity contribution < 1.29 is 0 Å². The lowest BCUT2D eigenvalue weighted by Crippen LogP contribution is -1.91. The zero-order valence-electron chi connectivity index (χ0n) is 29.1. The molecule has 0 amide bonds. The van der Waals surface area contributed by atoms with Crippen molar-refractivity contribution in [2.45, 2.75) is 6.92 Å². The van der Waals surface area contributed by atoms with E-state index in [9.17, 15) is 0 Å². The third-order valence-corrected chi connectivity index (χ3v) is 13.2. The summed E-state index contributed by atoms with van der Waals surface area (Å²) >= 11 is 3.81. The Labute approximate surface area is 315 Å². The Hall–Kier alpha value is -6.06. The molecule has 248 valence electrons. The van der Waals surface area contributed by atoms with Gasteiger partial charge in [-0.1, -0.05) is 158 Å². The molecule has 53 heavy (non-hydrogen) atoms. The molecule has 0 N–H and O–H groups in total. The van der Waals surface area contributed by atoms with Crippen molar-refractivity contribution in [3.8, 4) is 43.8 Å². The summed E-state index contributed by atoms with van der Waals surface area (Å²) in [5.74, 6) is 0.